The number of ketones is 1. The van der Waals surface area contributed by atoms with Gasteiger partial charge in [-0.3, -0.25) is 9.18 Å². The zero-order valence-electron chi connectivity index (χ0n) is 7.78. The number of alkyl halides is 2. The molecule has 2 saturated carbocycles. The lowest BCUT2D eigenvalue weighted by molar-refractivity contribution is -0.131. The third-order valence-electron chi connectivity index (χ3n) is 4.39. The van der Waals surface area contributed by atoms with Gasteiger partial charge in [-0.05, 0) is 18.8 Å². The zero-order chi connectivity index (χ0) is 9.69. The van der Waals surface area contributed by atoms with Crippen molar-refractivity contribution in [1.82, 2.24) is 0 Å². The molecule has 0 aliphatic heterocycles. The summed E-state index contributed by atoms with van der Waals surface area (Å²) >= 11 is 0. The Hall–Kier alpha value is -0.470. The molecule has 0 radical (unpaired) electrons. The highest BCUT2D eigenvalue weighted by molar-refractivity contribution is 5.90. The minimum Gasteiger partial charge on any atom is -0.299 e. The highest BCUT2D eigenvalue weighted by Gasteiger charge is 2.66. The number of fused-ring (bicyclic) bond motifs is 2. The number of halogens is 2. The topological polar surface area (TPSA) is 17.1 Å². The van der Waals surface area contributed by atoms with E-state index in [1.54, 1.807) is 6.92 Å². The molecule has 0 aromatic rings. The molecule has 0 spiro atoms. The van der Waals surface area contributed by atoms with Crippen LogP contribution in [0.1, 0.15) is 26.2 Å². The number of carbonyl (C=O) groups is 1. The van der Waals surface area contributed by atoms with Crippen LogP contribution in [0.3, 0.4) is 0 Å². The number of hydrogen-bond acceptors (Lipinski definition) is 1. The second kappa shape index (κ2) is 2.52. The highest BCUT2D eigenvalue weighted by Crippen LogP contribution is 2.64. The van der Waals surface area contributed by atoms with E-state index >= 15 is 0 Å². The summed E-state index contributed by atoms with van der Waals surface area (Å²) in [6.45, 7) is 0.491. The first-order valence-electron chi connectivity index (χ1n) is 4.76. The van der Waals surface area contributed by atoms with Crippen molar-refractivity contribution in [2.24, 2.45) is 16.7 Å². The molecule has 0 aromatic heterocycles. The molecule has 2 aliphatic rings. The molecule has 2 fully saturated rings. The molecule has 74 valence electrons. The van der Waals surface area contributed by atoms with Crippen LogP contribution in [0.25, 0.3) is 0 Å². The van der Waals surface area contributed by atoms with Crippen molar-refractivity contribution >= 4 is 5.78 Å². The molecule has 2 rings (SSSR count). The third-order valence-corrected chi connectivity index (χ3v) is 4.39. The minimum absolute atomic E-state index is 0.0496. The van der Waals surface area contributed by atoms with Crippen LogP contribution in [0.2, 0.25) is 0 Å². The van der Waals surface area contributed by atoms with Gasteiger partial charge in [-0.1, -0.05) is 6.92 Å². The molecule has 0 heterocycles. The summed E-state index contributed by atoms with van der Waals surface area (Å²) in [5, 5.41) is 0. The fourth-order valence-corrected chi connectivity index (χ4v) is 3.15. The van der Waals surface area contributed by atoms with Gasteiger partial charge in [0, 0.05) is 11.8 Å². The van der Waals surface area contributed by atoms with E-state index in [9.17, 15) is 13.6 Å². The monoisotopic (exact) mass is 188 g/mol. The first kappa shape index (κ1) is 9.10. The number of carbonyl (C=O) groups excluding carboxylic acids is 1. The molecule has 2 aliphatic carbocycles. The van der Waals surface area contributed by atoms with E-state index in [2.05, 4.69) is 0 Å². The lowest BCUT2D eigenvalue weighted by Gasteiger charge is -2.34. The second-order valence-electron chi connectivity index (χ2n) is 4.63. The van der Waals surface area contributed by atoms with E-state index in [-0.39, 0.29) is 11.7 Å². The Bertz CT molecular complexity index is 253. The van der Waals surface area contributed by atoms with Crippen LogP contribution in [-0.2, 0) is 4.79 Å². The molecular formula is C10H14F2O. The lowest BCUT2D eigenvalue weighted by atomic mass is 9.69. The van der Waals surface area contributed by atoms with Gasteiger partial charge in [0.1, 0.15) is 12.5 Å². The molecule has 2 bridgehead atoms. The molecular weight excluding hydrogens is 174 g/mol. The number of rotatable bonds is 2. The molecule has 0 aromatic carbocycles. The van der Waals surface area contributed by atoms with Crippen LogP contribution in [0.5, 0.6) is 0 Å². The molecule has 3 heteroatoms. The Morgan fingerprint density at radius 2 is 2.15 bits per heavy atom. The molecule has 3 atom stereocenters. The quantitative estimate of drug-likeness (QED) is 0.649. The van der Waals surface area contributed by atoms with E-state index in [0.717, 1.165) is 6.42 Å². The summed E-state index contributed by atoms with van der Waals surface area (Å²) in [7, 11) is 0. The van der Waals surface area contributed by atoms with Crippen molar-refractivity contribution in [1.29, 1.82) is 0 Å². The van der Waals surface area contributed by atoms with Crippen molar-refractivity contribution in [3.63, 3.8) is 0 Å². The van der Waals surface area contributed by atoms with E-state index in [1.807, 2.05) is 0 Å². The van der Waals surface area contributed by atoms with Gasteiger partial charge in [0.05, 0.1) is 12.1 Å². The maximum atomic E-state index is 12.9. The summed E-state index contributed by atoms with van der Waals surface area (Å²) in [5.41, 5.74) is -1.68. The molecule has 0 amide bonds. The maximum absolute atomic E-state index is 12.9. The fraction of sp³-hybridized carbons (Fsp3) is 0.900. The van der Waals surface area contributed by atoms with Crippen LogP contribution in [0.15, 0.2) is 0 Å². The predicted molar refractivity (Wildman–Crippen MR) is 44.8 cm³/mol. The predicted octanol–water partition coefficient (Wildman–Crippen LogP) is 2.30. The Morgan fingerprint density at radius 1 is 1.46 bits per heavy atom. The Kier molecular flexibility index (Phi) is 1.76. The van der Waals surface area contributed by atoms with Crippen molar-refractivity contribution in [2.75, 3.05) is 13.3 Å². The van der Waals surface area contributed by atoms with Gasteiger partial charge >= 0.3 is 0 Å². The number of hydrogen-bond donors (Lipinski definition) is 0. The summed E-state index contributed by atoms with van der Waals surface area (Å²) in [6.07, 6.45) is 1.76. The average Bonchev–Trinajstić information content (AvgIpc) is 2.53. The molecule has 13 heavy (non-hydrogen) atoms. The zero-order valence-corrected chi connectivity index (χ0v) is 7.78. The van der Waals surface area contributed by atoms with Gasteiger partial charge in [0.15, 0.2) is 0 Å². The Morgan fingerprint density at radius 3 is 2.54 bits per heavy atom. The second-order valence-corrected chi connectivity index (χ2v) is 4.63. The summed E-state index contributed by atoms with van der Waals surface area (Å²) < 4.78 is 25.8. The van der Waals surface area contributed by atoms with Crippen molar-refractivity contribution < 1.29 is 13.6 Å². The van der Waals surface area contributed by atoms with Crippen molar-refractivity contribution in [3.8, 4) is 0 Å². The first-order valence-corrected chi connectivity index (χ1v) is 4.76. The largest absolute Gasteiger partial charge is 0.299 e. The lowest BCUT2D eigenvalue weighted by Crippen LogP contribution is -2.41. The standard InChI is InChI=1S/C10H14F2O/c1-9(5-11)7-2-3-10(9,6-12)8(13)4-7/h7H,2-6H2,1H3. The van der Waals surface area contributed by atoms with Gasteiger partial charge in [0.25, 0.3) is 0 Å². The fourth-order valence-electron chi connectivity index (χ4n) is 3.15. The first-order chi connectivity index (χ1) is 6.10. The van der Waals surface area contributed by atoms with E-state index in [4.69, 9.17) is 0 Å². The van der Waals surface area contributed by atoms with E-state index < -0.39 is 24.2 Å². The van der Waals surface area contributed by atoms with Crippen LogP contribution in [0.4, 0.5) is 8.78 Å². The Labute approximate surface area is 76.5 Å². The van der Waals surface area contributed by atoms with Gasteiger partial charge in [-0.25, -0.2) is 4.39 Å². The molecule has 1 nitrogen and oxygen atoms in total. The van der Waals surface area contributed by atoms with Gasteiger partial charge in [-0.2, -0.15) is 0 Å². The van der Waals surface area contributed by atoms with Crippen molar-refractivity contribution in [2.45, 2.75) is 26.2 Å². The minimum atomic E-state index is -0.966. The van der Waals surface area contributed by atoms with Crippen LogP contribution in [-0.4, -0.2) is 19.1 Å². The summed E-state index contributed by atoms with van der Waals surface area (Å²) in [6, 6.07) is 0. The molecule has 3 unspecified atom stereocenters. The molecule has 0 saturated heterocycles. The maximum Gasteiger partial charge on any atom is 0.142 e. The average molecular weight is 188 g/mol. The molecule has 0 N–H and O–H groups in total. The Balaban J connectivity index is 2.45. The van der Waals surface area contributed by atoms with Crippen LogP contribution < -0.4 is 0 Å². The number of Topliss-reactive ketones (excluding diaryl/α,β-unsaturated/α-hetero) is 1. The summed E-state index contributed by atoms with van der Waals surface area (Å²) in [5.74, 6) is 0.0344. The van der Waals surface area contributed by atoms with Gasteiger partial charge in [-0.15, -0.1) is 0 Å². The van der Waals surface area contributed by atoms with E-state index in [1.165, 1.54) is 0 Å². The van der Waals surface area contributed by atoms with Gasteiger partial charge < -0.3 is 0 Å². The normalized spacial score (nSPS) is 48.8. The van der Waals surface area contributed by atoms with Gasteiger partial charge in [0.2, 0.25) is 0 Å². The summed E-state index contributed by atoms with van der Waals surface area (Å²) in [4.78, 5) is 11.6. The van der Waals surface area contributed by atoms with Crippen molar-refractivity contribution in [3.05, 3.63) is 0 Å². The smallest absolute Gasteiger partial charge is 0.142 e. The van der Waals surface area contributed by atoms with E-state index in [0.29, 0.717) is 12.8 Å². The third kappa shape index (κ3) is 0.785. The SMILES string of the molecule is CC1(CF)C2CCC1(CF)C(=O)C2. The van der Waals surface area contributed by atoms with Crippen LogP contribution in [0, 0.1) is 16.7 Å². The highest BCUT2D eigenvalue weighted by atomic mass is 19.1. The van der Waals surface area contributed by atoms with Crippen LogP contribution >= 0.6 is 0 Å².